The third-order valence-electron chi connectivity index (χ3n) is 2.87. The van der Waals surface area contributed by atoms with Crippen molar-refractivity contribution >= 4 is 11.6 Å². The van der Waals surface area contributed by atoms with Gasteiger partial charge < -0.3 is 15.2 Å². The van der Waals surface area contributed by atoms with Crippen LogP contribution in [0.15, 0.2) is 12.1 Å². The number of fused-ring (bicyclic) bond motifs is 1. The molecule has 0 fully saturated rings. The Bertz CT molecular complexity index is 508. The Morgan fingerprint density at radius 1 is 1.42 bits per heavy atom. The van der Waals surface area contributed by atoms with E-state index in [9.17, 15) is 0 Å². The molecule has 0 spiro atoms. The lowest BCUT2D eigenvalue weighted by molar-refractivity contribution is 0.171. The minimum atomic E-state index is -0.00539. The third kappa shape index (κ3) is 3.32. The van der Waals surface area contributed by atoms with Crippen LogP contribution in [0.25, 0.3) is 0 Å². The zero-order valence-electron chi connectivity index (χ0n) is 10.8. The van der Waals surface area contributed by atoms with Crippen molar-refractivity contribution < 1.29 is 9.47 Å². The van der Waals surface area contributed by atoms with Gasteiger partial charge in [-0.05, 0) is 24.6 Å². The molecule has 3 N–H and O–H groups in total. The summed E-state index contributed by atoms with van der Waals surface area (Å²) in [6, 6.07) is 3.78. The van der Waals surface area contributed by atoms with Gasteiger partial charge in [-0.25, -0.2) is 0 Å². The van der Waals surface area contributed by atoms with Crippen molar-refractivity contribution in [1.29, 1.82) is 0 Å². The fourth-order valence-electron chi connectivity index (χ4n) is 1.93. The molecule has 0 saturated heterocycles. The predicted molar refractivity (Wildman–Crippen MR) is 75.7 cm³/mol. The number of rotatable bonds is 4. The first-order valence-electron chi connectivity index (χ1n) is 6.18. The highest BCUT2D eigenvalue weighted by atomic mass is 35.5. The summed E-state index contributed by atoms with van der Waals surface area (Å²) >= 11 is 6.21. The van der Waals surface area contributed by atoms with Gasteiger partial charge in [0.25, 0.3) is 0 Å². The molecule has 1 aromatic rings. The van der Waals surface area contributed by atoms with Crippen LogP contribution in [0.2, 0.25) is 5.02 Å². The van der Waals surface area contributed by atoms with Crippen LogP contribution in [-0.2, 0) is 0 Å². The number of ether oxygens (including phenoxy) is 2. The van der Waals surface area contributed by atoms with E-state index in [0.717, 1.165) is 5.56 Å². The molecule has 0 saturated carbocycles. The van der Waals surface area contributed by atoms with Crippen LogP contribution in [0.5, 0.6) is 11.5 Å². The van der Waals surface area contributed by atoms with Crippen LogP contribution in [-0.4, -0.2) is 26.3 Å². The van der Waals surface area contributed by atoms with Crippen molar-refractivity contribution in [2.24, 2.45) is 5.73 Å². The van der Waals surface area contributed by atoms with E-state index in [-0.39, 0.29) is 6.04 Å². The highest BCUT2D eigenvalue weighted by molar-refractivity contribution is 6.32. The minimum absolute atomic E-state index is 0.00539. The van der Waals surface area contributed by atoms with E-state index in [1.807, 2.05) is 12.1 Å². The number of hydrogen-bond donors (Lipinski definition) is 2. The molecule has 0 amide bonds. The topological polar surface area (TPSA) is 56.5 Å². The fraction of sp³-hybridized carbons (Fsp3) is 0.429. The van der Waals surface area contributed by atoms with Crippen LogP contribution in [0.4, 0.5) is 0 Å². The standard InChI is InChI=1S/C14H17ClN2O2/c1-2-3-4-17-12(9-16)10-7-11(15)14-13(8-10)18-5-6-19-14/h7-8,12,17H,4-6,9,16H2,1H3. The Morgan fingerprint density at radius 3 is 2.95 bits per heavy atom. The second-order valence-electron chi connectivity index (χ2n) is 4.12. The molecule has 102 valence electrons. The zero-order chi connectivity index (χ0) is 13.7. The van der Waals surface area contributed by atoms with Gasteiger partial charge in [0, 0.05) is 12.6 Å². The maximum absolute atomic E-state index is 6.21. The molecule has 1 aromatic carbocycles. The molecular weight excluding hydrogens is 264 g/mol. The molecular formula is C14H17ClN2O2. The number of benzene rings is 1. The first-order chi connectivity index (χ1) is 9.26. The van der Waals surface area contributed by atoms with Crippen LogP contribution in [0.3, 0.4) is 0 Å². The van der Waals surface area contributed by atoms with E-state index in [2.05, 4.69) is 17.2 Å². The summed E-state index contributed by atoms with van der Waals surface area (Å²) in [6.07, 6.45) is 0. The average Bonchev–Trinajstić information content (AvgIpc) is 2.44. The quantitative estimate of drug-likeness (QED) is 0.825. The largest absolute Gasteiger partial charge is 0.486 e. The number of halogens is 1. The van der Waals surface area contributed by atoms with Crippen molar-refractivity contribution in [3.05, 3.63) is 22.7 Å². The molecule has 0 radical (unpaired) electrons. The molecule has 0 aliphatic carbocycles. The molecule has 2 rings (SSSR count). The first-order valence-corrected chi connectivity index (χ1v) is 6.56. The summed E-state index contributed by atoms with van der Waals surface area (Å²) in [7, 11) is 0. The number of hydrogen-bond acceptors (Lipinski definition) is 4. The highest BCUT2D eigenvalue weighted by Crippen LogP contribution is 2.39. The lowest BCUT2D eigenvalue weighted by Crippen LogP contribution is -2.28. The monoisotopic (exact) mass is 280 g/mol. The van der Waals surface area contributed by atoms with Gasteiger partial charge in [-0.2, -0.15) is 0 Å². The van der Waals surface area contributed by atoms with Crippen molar-refractivity contribution in [3.8, 4) is 23.3 Å². The molecule has 0 aromatic heterocycles. The van der Waals surface area contributed by atoms with E-state index < -0.39 is 0 Å². The average molecular weight is 281 g/mol. The zero-order valence-corrected chi connectivity index (χ0v) is 11.6. The van der Waals surface area contributed by atoms with Crippen molar-refractivity contribution in [3.63, 3.8) is 0 Å². The summed E-state index contributed by atoms with van der Waals surface area (Å²) in [5, 5.41) is 3.82. The summed E-state index contributed by atoms with van der Waals surface area (Å²) in [4.78, 5) is 0. The van der Waals surface area contributed by atoms with Gasteiger partial charge in [0.2, 0.25) is 0 Å². The van der Waals surface area contributed by atoms with Crippen LogP contribution in [0, 0.1) is 11.8 Å². The smallest absolute Gasteiger partial charge is 0.179 e. The Morgan fingerprint density at radius 2 is 2.21 bits per heavy atom. The van der Waals surface area contributed by atoms with Gasteiger partial charge in [0.1, 0.15) is 13.2 Å². The summed E-state index contributed by atoms with van der Waals surface area (Å²) in [6.45, 7) is 3.91. The highest BCUT2D eigenvalue weighted by Gasteiger charge is 2.19. The Balaban J connectivity index is 2.22. The minimum Gasteiger partial charge on any atom is -0.486 e. The molecule has 4 nitrogen and oxygen atoms in total. The summed E-state index contributed by atoms with van der Waals surface area (Å²) < 4.78 is 11.0. The SMILES string of the molecule is CC#CCNC(CN)c1cc(Cl)c2c(c1)OCCO2. The van der Waals surface area contributed by atoms with E-state index >= 15 is 0 Å². The van der Waals surface area contributed by atoms with E-state index in [1.165, 1.54) is 0 Å². The maximum atomic E-state index is 6.21. The van der Waals surface area contributed by atoms with Crippen molar-refractivity contribution in [2.75, 3.05) is 26.3 Å². The molecule has 1 atom stereocenters. The third-order valence-corrected chi connectivity index (χ3v) is 3.15. The van der Waals surface area contributed by atoms with E-state index in [1.54, 1.807) is 6.92 Å². The van der Waals surface area contributed by atoms with Gasteiger partial charge in [0.05, 0.1) is 11.6 Å². The molecule has 1 aliphatic rings. The molecule has 1 heterocycles. The van der Waals surface area contributed by atoms with Crippen LogP contribution < -0.4 is 20.5 Å². The Labute approximate surface area is 118 Å². The van der Waals surface area contributed by atoms with Crippen LogP contribution >= 0.6 is 11.6 Å². The molecule has 1 unspecified atom stereocenters. The van der Waals surface area contributed by atoms with E-state index in [0.29, 0.717) is 42.8 Å². The number of nitrogens with one attached hydrogen (secondary N) is 1. The molecule has 19 heavy (non-hydrogen) atoms. The summed E-state index contributed by atoms with van der Waals surface area (Å²) in [5.74, 6) is 7.08. The van der Waals surface area contributed by atoms with Gasteiger partial charge in [-0.1, -0.05) is 17.5 Å². The molecule has 0 bridgehead atoms. The molecule has 5 heteroatoms. The van der Waals surface area contributed by atoms with Gasteiger partial charge in [-0.15, -0.1) is 5.92 Å². The fourth-order valence-corrected chi connectivity index (χ4v) is 2.21. The summed E-state index contributed by atoms with van der Waals surface area (Å²) in [5.41, 5.74) is 6.77. The van der Waals surface area contributed by atoms with Crippen molar-refractivity contribution in [2.45, 2.75) is 13.0 Å². The number of nitrogens with two attached hydrogens (primary N) is 1. The predicted octanol–water partition coefficient (Wildman–Crippen LogP) is 1.72. The first kappa shape index (κ1) is 14.0. The lowest BCUT2D eigenvalue weighted by Gasteiger charge is -2.23. The van der Waals surface area contributed by atoms with E-state index in [4.69, 9.17) is 26.8 Å². The second kappa shape index (κ2) is 6.67. The van der Waals surface area contributed by atoms with Crippen LogP contribution in [0.1, 0.15) is 18.5 Å². The second-order valence-corrected chi connectivity index (χ2v) is 4.53. The van der Waals surface area contributed by atoms with Crippen molar-refractivity contribution in [1.82, 2.24) is 5.32 Å². The maximum Gasteiger partial charge on any atom is 0.179 e. The normalized spacial score (nSPS) is 14.5. The Kier molecular flexibility index (Phi) is 4.92. The molecule has 1 aliphatic heterocycles. The van der Waals surface area contributed by atoms with Gasteiger partial charge in [-0.3, -0.25) is 5.32 Å². The Hall–Kier alpha value is -1.41. The van der Waals surface area contributed by atoms with Gasteiger partial charge in [0.15, 0.2) is 11.5 Å². The lowest BCUT2D eigenvalue weighted by atomic mass is 10.1. The van der Waals surface area contributed by atoms with Gasteiger partial charge >= 0.3 is 0 Å².